The van der Waals surface area contributed by atoms with Crippen LogP contribution < -0.4 is 0 Å². The van der Waals surface area contributed by atoms with E-state index >= 15 is 0 Å². The number of hydrogen-bond acceptors (Lipinski definition) is 2. The molecule has 0 bridgehead atoms. The van der Waals surface area contributed by atoms with Gasteiger partial charge < -0.3 is 10.0 Å². The van der Waals surface area contributed by atoms with E-state index in [9.17, 15) is 9.90 Å². The summed E-state index contributed by atoms with van der Waals surface area (Å²) in [6.45, 7) is 3.45. The maximum atomic E-state index is 12.3. The van der Waals surface area contributed by atoms with Crippen molar-refractivity contribution >= 4 is 17.5 Å². The molecule has 1 amide bonds. The van der Waals surface area contributed by atoms with E-state index < -0.39 is 0 Å². The molecular formula is C14H18ClNO2. The standard InChI is InChI=1S/C14H18ClNO2/c1-10-8-12(17)2-3-13(10)14(18)16-7-5-11(9-16)4-6-15/h2-3,8,11,17H,4-7,9H2,1H3. The van der Waals surface area contributed by atoms with Gasteiger partial charge >= 0.3 is 0 Å². The van der Waals surface area contributed by atoms with Gasteiger partial charge in [0.2, 0.25) is 0 Å². The van der Waals surface area contributed by atoms with Crippen LogP contribution in [0.15, 0.2) is 18.2 Å². The number of alkyl halides is 1. The lowest BCUT2D eigenvalue weighted by Crippen LogP contribution is -2.29. The molecule has 1 aliphatic rings. The summed E-state index contributed by atoms with van der Waals surface area (Å²) < 4.78 is 0. The fourth-order valence-corrected chi connectivity index (χ4v) is 2.77. The van der Waals surface area contributed by atoms with Gasteiger partial charge in [0.15, 0.2) is 0 Å². The van der Waals surface area contributed by atoms with Crippen LogP contribution in [0.2, 0.25) is 0 Å². The van der Waals surface area contributed by atoms with E-state index in [1.807, 2.05) is 11.8 Å². The van der Waals surface area contributed by atoms with Crippen LogP contribution in [0.1, 0.15) is 28.8 Å². The topological polar surface area (TPSA) is 40.5 Å². The van der Waals surface area contributed by atoms with Crippen molar-refractivity contribution in [1.29, 1.82) is 0 Å². The first-order chi connectivity index (χ1) is 8.61. The highest BCUT2D eigenvalue weighted by atomic mass is 35.5. The average Bonchev–Trinajstić information content (AvgIpc) is 2.77. The molecule has 0 spiro atoms. The molecule has 0 radical (unpaired) electrons. The van der Waals surface area contributed by atoms with Crippen LogP contribution in [-0.4, -0.2) is 34.9 Å². The van der Waals surface area contributed by atoms with Crippen LogP contribution in [0.25, 0.3) is 0 Å². The number of phenols is 1. The van der Waals surface area contributed by atoms with Crippen molar-refractivity contribution in [3.05, 3.63) is 29.3 Å². The summed E-state index contributed by atoms with van der Waals surface area (Å²) in [4.78, 5) is 14.2. The van der Waals surface area contributed by atoms with Gasteiger partial charge in [-0.15, -0.1) is 11.6 Å². The largest absolute Gasteiger partial charge is 0.508 e. The van der Waals surface area contributed by atoms with E-state index in [-0.39, 0.29) is 11.7 Å². The third-order valence-corrected chi connectivity index (χ3v) is 3.75. The molecule has 0 aliphatic carbocycles. The lowest BCUT2D eigenvalue weighted by atomic mass is 10.1. The summed E-state index contributed by atoms with van der Waals surface area (Å²) in [6, 6.07) is 4.88. The highest BCUT2D eigenvalue weighted by Crippen LogP contribution is 2.24. The fraction of sp³-hybridized carbons (Fsp3) is 0.500. The van der Waals surface area contributed by atoms with Gasteiger partial charge in [-0.3, -0.25) is 4.79 Å². The summed E-state index contributed by atoms with van der Waals surface area (Å²) in [5.41, 5.74) is 1.50. The Morgan fingerprint density at radius 3 is 3.00 bits per heavy atom. The summed E-state index contributed by atoms with van der Waals surface area (Å²) in [7, 11) is 0. The second-order valence-corrected chi connectivity index (χ2v) is 5.26. The minimum absolute atomic E-state index is 0.0598. The molecule has 0 saturated carbocycles. The van der Waals surface area contributed by atoms with Crippen molar-refractivity contribution in [3.63, 3.8) is 0 Å². The Kier molecular flexibility index (Phi) is 4.12. The zero-order valence-electron chi connectivity index (χ0n) is 10.5. The summed E-state index contributed by atoms with van der Waals surface area (Å²) in [6.07, 6.45) is 2.01. The molecule has 1 N–H and O–H groups in total. The molecule has 3 nitrogen and oxygen atoms in total. The van der Waals surface area contributed by atoms with Crippen molar-refractivity contribution in [1.82, 2.24) is 4.90 Å². The Balaban J connectivity index is 2.08. The van der Waals surface area contributed by atoms with Crippen LogP contribution in [0.5, 0.6) is 5.75 Å². The summed E-state index contributed by atoms with van der Waals surface area (Å²) in [5.74, 6) is 1.45. The number of aromatic hydroxyl groups is 1. The number of phenolic OH excluding ortho intramolecular Hbond substituents is 1. The summed E-state index contributed by atoms with van der Waals surface area (Å²) >= 11 is 5.74. The van der Waals surface area contributed by atoms with E-state index in [0.29, 0.717) is 17.4 Å². The van der Waals surface area contributed by atoms with Gasteiger partial charge in [0.05, 0.1) is 0 Å². The SMILES string of the molecule is Cc1cc(O)ccc1C(=O)N1CCC(CCCl)C1. The zero-order valence-corrected chi connectivity index (χ0v) is 11.3. The number of aryl methyl sites for hydroxylation is 1. The van der Waals surface area contributed by atoms with Crippen LogP contribution in [0.4, 0.5) is 0 Å². The third-order valence-electron chi connectivity index (χ3n) is 3.53. The molecule has 1 aromatic carbocycles. The normalized spacial score (nSPS) is 19.2. The summed E-state index contributed by atoms with van der Waals surface area (Å²) in [5, 5.41) is 9.36. The van der Waals surface area contributed by atoms with Gasteiger partial charge in [-0.25, -0.2) is 0 Å². The van der Waals surface area contributed by atoms with Gasteiger partial charge in [-0.2, -0.15) is 0 Å². The number of hydrogen-bond donors (Lipinski definition) is 1. The van der Waals surface area contributed by atoms with Crippen LogP contribution in [-0.2, 0) is 0 Å². The van der Waals surface area contributed by atoms with Crippen molar-refractivity contribution in [3.8, 4) is 5.75 Å². The van der Waals surface area contributed by atoms with Gasteiger partial charge in [0.1, 0.15) is 5.75 Å². The van der Waals surface area contributed by atoms with E-state index in [2.05, 4.69) is 0 Å². The zero-order chi connectivity index (χ0) is 13.1. The van der Waals surface area contributed by atoms with E-state index in [1.54, 1.807) is 18.2 Å². The molecular weight excluding hydrogens is 250 g/mol. The Bertz CT molecular complexity index is 447. The first-order valence-electron chi connectivity index (χ1n) is 6.26. The molecule has 1 aromatic rings. The maximum Gasteiger partial charge on any atom is 0.254 e. The fourth-order valence-electron chi connectivity index (χ4n) is 2.47. The number of carbonyl (C=O) groups excluding carboxylic acids is 1. The monoisotopic (exact) mass is 267 g/mol. The molecule has 1 saturated heterocycles. The van der Waals surface area contributed by atoms with Crippen LogP contribution in [0, 0.1) is 12.8 Å². The number of halogens is 1. The lowest BCUT2D eigenvalue weighted by molar-refractivity contribution is 0.0786. The number of carbonyl (C=O) groups is 1. The molecule has 1 aliphatic heterocycles. The smallest absolute Gasteiger partial charge is 0.254 e. The van der Waals surface area contributed by atoms with Gasteiger partial charge in [-0.05, 0) is 49.4 Å². The van der Waals surface area contributed by atoms with Gasteiger partial charge in [-0.1, -0.05) is 0 Å². The van der Waals surface area contributed by atoms with Gasteiger partial charge in [0, 0.05) is 24.5 Å². The number of likely N-dealkylation sites (tertiary alicyclic amines) is 1. The number of benzene rings is 1. The molecule has 1 heterocycles. The van der Waals surface area contributed by atoms with E-state index in [0.717, 1.165) is 31.5 Å². The molecule has 1 fully saturated rings. The number of rotatable bonds is 3. The molecule has 1 unspecified atom stereocenters. The predicted octanol–water partition coefficient (Wildman–Crippen LogP) is 2.79. The second-order valence-electron chi connectivity index (χ2n) is 4.88. The third kappa shape index (κ3) is 2.78. The van der Waals surface area contributed by atoms with Crippen LogP contribution >= 0.6 is 11.6 Å². The highest BCUT2D eigenvalue weighted by Gasteiger charge is 2.27. The molecule has 18 heavy (non-hydrogen) atoms. The highest BCUT2D eigenvalue weighted by molar-refractivity contribution is 6.17. The molecule has 4 heteroatoms. The Hall–Kier alpha value is -1.22. The second kappa shape index (κ2) is 5.61. The van der Waals surface area contributed by atoms with Crippen LogP contribution in [0.3, 0.4) is 0 Å². The minimum Gasteiger partial charge on any atom is -0.508 e. The van der Waals surface area contributed by atoms with E-state index in [4.69, 9.17) is 11.6 Å². The van der Waals surface area contributed by atoms with Gasteiger partial charge in [0.25, 0.3) is 5.91 Å². The Morgan fingerprint density at radius 2 is 2.33 bits per heavy atom. The maximum absolute atomic E-state index is 12.3. The predicted molar refractivity (Wildman–Crippen MR) is 72.2 cm³/mol. The molecule has 0 aromatic heterocycles. The quantitative estimate of drug-likeness (QED) is 0.856. The lowest BCUT2D eigenvalue weighted by Gasteiger charge is -2.17. The number of amides is 1. The van der Waals surface area contributed by atoms with Crippen molar-refractivity contribution in [2.24, 2.45) is 5.92 Å². The first-order valence-corrected chi connectivity index (χ1v) is 6.80. The Labute approximate surface area is 112 Å². The molecule has 1 atom stereocenters. The Morgan fingerprint density at radius 1 is 1.56 bits per heavy atom. The molecule has 2 rings (SSSR count). The minimum atomic E-state index is 0.0598. The molecule has 98 valence electrons. The van der Waals surface area contributed by atoms with E-state index in [1.165, 1.54) is 0 Å². The van der Waals surface area contributed by atoms with Crippen molar-refractivity contribution in [2.45, 2.75) is 19.8 Å². The van der Waals surface area contributed by atoms with Crippen molar-refractivity contribution in [2.75, 3.05) is 19.0 Å². The average molecular weight is 268 g/mol. The van der Waals surface area contributed by atoms with Crippen molar-refractivity contribution < 1.29 is 9.90 Å². The number of nitrogens with zero attached hydrogens (tertiary/aromatic N) is 1. The first kappa shape index (κ1) is 13.2.